The molecule has 2 saturated heterocycles. The molecular weight excluding hydrogens is 604 g/mol. The van der Waals surface area contributed by atoms with Crippen LogP contribution in [0.5, 0.6) is 0 Å². The number of hydrogen-bond acceptors (Lipinski definition) is 7. The number of aromatic amines is 1. The summed E-state index contributed by atoms with van der Waals surface area (Å²) in [5.74, 6) is -5.72. The Bertz CT molecular complexity index is 1790. The van der Waals surface area contributed by atoms with Gasteiger partial charge in [0, 0.05) is 45.1 Å². The van der Waals surface area contributed by atoms with Crippen molar-refractivity contribution in [2.75, 3.05) is 26.3 Å². The highest BCUT2D eigenvalue weighted by molar-refractivity contribution is 7.10. The number of halogens is 2. The minimum absolute atomic E-state index is 0.0296. The summed E-state index contributed by atoms with van der Waals surface area (Å²) >= 11 is 1.50. The predicted molar refractivity (Wildman–Crippen MR) is 160 cm³/mol. The molecule has 1 spiro atoms. The average Bonchev–Trinajstić information content (AvgIpc) is 3.88. The van der Waals surface area contributed by atoms with Gasteiger partial charge in [0.1, 0.15) is 6.04 Å². The van der Waals surface area contributed by atoms with Gasteiger partial charge >= 0.3 is 0 Å². The van der Waals surface area contributed by atoms with E-state index >= 15 is 0 Å². The van der Waals surface area contributed by atoms with Crippen molar-refractivity contribution >= 4 is 29.1 Å². The average molecular weight is 634 g/mol. The molecule has 4 heterocycles. The molecule has 0 bridgehead atoms. The van der Waals surface area contributed by atoms with Crippen LogP contribution in [0, 0.1) is 0 Å². The molecule has 3 aliphatic rings. The number of nitrogens with one attached hydrogen (secondary N) is 3. The first-order valence-electron chi connectivity index (χ1n) is 14.5. The summed E-state index contributed by atoms with van der Waals surface area (Å²) in [7, 11) is 0. The van der Waals surface area contributed by atoms with Crippen LogP contribution in [-0.2, 0) is 25.0 Å². The van der Waals surface area contributed by atoms with Gasteiger partial charge in [0.05, 0.1) is 38.0 Å². The molecule has 3 N–H and O–H groups in total. The Morgan fingerprint density at radius 1 is 1.09 bits per heavy atom. The molecule has 0 saturated carbocycles. The zero-order valence-corrected chi connectivity index (χ0v) is 25.0. The van der Waals surface area contributed by atoms with E-state index < -0.39 is 36.1 Å². The second-order valence-corrected chi connectivity index (χ2v) is 12.3. The van der Waals surface area contributed by atoms with Crippen LogP contribution in [0.25, 0.3) is 22.4 Å². The second kappa shape index (κ2) is 11.2. The van der Waals surface area contributed by atoms with E-state index in [1.807, 2.05) is 24.4 Å². The summed E-state index contributed by atoms with van der Waals surface area (Å²) in [6, 6.07) is 12.8. The van der Waals surface area contributed by atoms with Gasteiger partial charge in [-0.2, -0.15) is 13.9 Å². The number of H-pyrrole nitrogens is 1. The second-order valence-electron chi connectivity index (χ2n) is 11.4. The van der Waals surface area contributed by atoms with Crippen LogP contribution in [0.2, 0.25) is 0 Å². The lowest BCUT2D eigenvalue weighted by Gasteiger charge is -2.25. The quantitative estimate of drug-likeness (QED) is 0.280. The van der Waals surface area contributed by atoms with Gasteiger partial charge in [0.2, 0.25) is 11.8 Å². The van der Waals surface area contributed by atoms with Gasteiger partial charge in [-0.15, -0.1) is 11.3 Å². The van der Waals surface area contributed by atoms with Crippen molar-refractivity contribution < 1.29 is 32.6 Å². The highest BCUT2D eigenvalue weighted by atomic mass is 32.1. The molecule has 2 aliphatic heterocycles. The number of ether oxygens (including phenoxy) is 2. The van der Waals surface area contributed by atoms with Gasteiger partial charge in [-0.1, -0.05) is 30.3 Å². The number of hydrogen-bond donors (Lipinski definition) is 3. The molecule has 232 valence electrons. The lowest BCUT2D eigenvalue weighted by molar-refractivity contribution is -0.152. The van der Waals surface area contributed by atoms with Gasteiger partial charge in [-0.05, 0) is 42.3 Å². The summed E-state index contributed by atoms with van der Waals surface area (Å²) in [5.41, 5.74) is 2.33. The molecule has 0 radical (unpaired) electrons. The van der Waals surface area contributed by atoms with Crippen LogP contribution in [0.1, 0.15) is 45.7 Å². The highest BCUT2D eigenvalue weighted by Crippen LogP contribution is 2.51. The third-order valence-corrected chi connectivity index (χ3v) is 9.64. The van der Waals surface area contributed by atoms with Crippen molar-refractivity contribution in [1.29, 1.82) is 0 Å². The third-order valence-electron chi connectivity index (χ3n) is 8.52. The summed E-state index contributed by atoms with van der Waals surface area (Å²) in [4.78, 5) is 42.4. The summed E-state index contributed by atoms with van der Waals surface area (Å²) in [6.07, 6.45) is 1.81. The SMILES string of the molecule is C[C@@H](NC(=O)[C@@H]1CC2(CN1C(=O)CNC(=O)c1ccc3c(c1)-c1ccccc1C3(F)F)OCCO2)c1cc(-c2ccn[nH]2)cs1. The molecular formula is C32H29F2N5O5S. The lowest BCUT2D eigenvalue weighted by Crippen LogP contribution is -2.49. The highest BCUT2D eigenvalue weighted by Gasteiger charge is 2.52. The molecule has 4 aromatic rings. The Balaban J connectivity index is 1.04. The molecule has 2 aromatic heterocycles. The molecule has 2 atom stereocenters. The van der Waals surface area contributed by atoms with Crippen molar-refractivity contribution in [2.24, 2.45) is 0 Å². The zero-order valence-electron chi connectivity index (χ0n) is 24.1. The number of carbonyl (C=O) groups is 3. The monoisotopic (exact) mass is 633 g/mol. The minimum atomic E-state index is -3.16. The number of amides is 3. The van der Waals surface area contributed by atoms with E-state index in [-0.39, 0.29) is 47.2 Å². The molecule has 7 rings (SSSR count). The van der Waals surface area contributed by atoms with E-state index in [1.54, 1.807) is 24.4 Å². The molecule has 3 amide bonds. The lowest BCUT2D eigenvalue weighted by atomic mass is 10.0. The van der Waals surface area contributed by atoms with E-state index in [2.05, 4.69) is 20.8 Å². The van der Waals surface area contributed by atoms with Crippen molar-refractivity contribution in [1.82, 2.24) is 25.7 Å². The topological polar surface area (TPSA) is 126 Å². The fourth-order valence-corrected chi connectivity index (χ4v) is 7.15. The normalized spacial score (nSPS) is 19.7. The third kappa shape index (κ3) is 5.20. The molecule has 1 aliphatic carbocycles. The predicted octanol–water partition coefficient (Wildman–Crippen LogP) is 4.21. The van der Waals surface area contributed by atoms with Crippen LogP contribution in [0.15, 0.2) is 66.2 Å². The number of rotatable bonds is 7. The van der Waals surface area contributed by atoms with Gasteiger partial charge < -0.3 is 25.0 Å². The van der Waals surface area contributed by atoms with Crippen molar-refractivity contribution in [3.8, 4) is 22.4 Å². The summed E-state index contributed by atoms with van der Waals surface area (Å²) < 4.78 is 41.5. The zero-order chi connectivity index (χ0) is 31.3. The molecule has 0 unspecified atom stereocenters. The fraction of sp³-hybridized carbons (Fsp3) is 0.312. The van der Waals surface area contributed by atoms with Crippen molar-refractivity contribution in [3.63, 3.8) is 0 Å². The molecule has 2 aromatic carbocycles. The van der Waals surface area contributed by atoms with Crippen LogP contribution >= 0.6 is 11.3 Å². The summed E-state index contributed by atoms with van der Waals surface area (Å²) in [6.45, 7) is 2.18. The number of thiophene rings is 1. The van der Waals surface area contributed by atoms with E-state index in [0.717, 1.165) is 16.1 Å². The van der Waals surface area contributed by atoms with Crippen LogP contribution in [-0.4, -0.2) is 71.0 Å². The van der Waals surface area contributed by atoms with Gasteiger partial charge in [-0.25, -0.2) is 0 Å². The van der Waals surface area contributed by atoms with E-state index in [9.17, 15) is 23.2 Å². The number of likely N-dealkylation sites (tertiary alicyclic amines) is 1. The first-order valence-corrected chi connectivity index (χ1v) is 15.4. The number of carbonyl (C=O) groups excluding carboxylic acids is 3. The Kier molecular flexibility index (Phi) is 7.26. The van der Waals surface area contributed by atoms with E-state index in [4.69, 9.17) is 9.47 Å². The Morgan fingerprint density at radius 2 is 1.87 bits per heavy atom. The minimum Gasteiger partial charge on any atom is -0.347 e. The number of fused-ring (bicyclic) bond motifs is 3. The fourth-order valence-electron chi connectivity index (χ4n) is 6.24. The number of benzene rings is 2. The molecule has 13 heteroatoms. The molecule has 2 fully saturated rings. The molecule has 10 nitrogen and oxygen atoms in total. The van der Waals surface area contributed by atoms with E-state index in [0.29, 0.717) is 18.8 Å². The van der Waals surface area contributed by atoms with Crippen LogP contribution < -0.4 is 10.6 Å². The first-order chi connectivity index (χ1) is 21.6. The van der Waals surface area contributed by atoms with Gasteiger partial charge in [0.25, 0.3) is 11.8 Å². The maximum atomic E-state index is 14.9. The number of alkyl halides is 2. The van der Waals surface area contributed by atoms with Crippen LogP contribution in [0.3, 0.4) is 0 Å². The van der Waals surface area contributed by atoms with E-state index in [1.165, 1.54) is 40.5 Å². The Hall–Kier alpha value is -4.46. The maximum absolute atomic E-state index is 14.9. The largest absolute Gasteiger partial charge is 0.347 e. The summed E-state index contributed by atoms with van der Waals surface area (Å²) in [5, 5.41) is 14.5. The van der Waals surface area contributed by atoms with Gasteiger partial charge in [-0.3, -0.25) is 19.5 Å². The number of aromatic nitrogens is 2. The molecule has 45 heavy (non-hydrogen) atoms. The first kappa shape index (κ1) is 29.3. The standard InChI is InChI=1S/C32H29F2N5O5S/c1-18(27-13-20(16-45-27)25-8-9-36-38-25)37-30(42)26-14-31(43-10-11-44-31)17-39(26)28(40)15-35-29(41)19-6-7-24-22(12-19)21-4-2-3-5-23(21)32(24,33)34/h2-9,12-13,16,18,26H,10-11,14-15,17H2,1H3,(H,35,41)(H,36,38)(H,37,42)/t18-,26+/m1/s1. The maximum Gasteiger partial charge on any atom is 0.299 e. The number of nitrogens with zero attached hydrogens (tertiary/aromatic N) is 2. The van der Waals surface area contributed by atoms with Crippen molar-refractivity contribution in [2.45, 2.75) is 37.1 Å². The van der Waals surface area contributed by atoms with Gasteiger partial charge in [0.15, 0.2) is 5.79 Å². The Morgan fingerprint density at radius 3 is 2.64 bits per heavy atom. The van der Waals surface area contributed by atoms with Crippen LogP contribution in [0.4, 0.5) is 8.78 Å². The smallest absolute Gasteiger partial charge is 0.299 e. The van der Waals surface area contributed by atoms with Crippen molar-refractivity contribution in [3.05, 3.63) is 87.7 Å². The Labute approximate surface area is 260 Å².